The van der Waals surface area contributed by atoms with Crippen molar-refractivity contribution >= 4 is 27.1 Å². The molecule has 0 aromatic heterocycles. The van der Waals surface area contributed by atoms with Crippen LogP contribution in [0.1, 0.15) is 35.1 Å². The van der Waals surface area contributed by atoms with Crippen LogP contribution in [0.25, 0.3) is 38.2 Å². The van der Waals surface area contributed by atoms with Gasteiger partial charge in [-0.05, 0) is 104 Å². The lowest BCUT2D eigenvalue weighted by Crippen LogP contribution is -2.04. The van der Waals surface area contributed by atoms with E-state index in [1.165, 1.54) is 67.8 Å². The topological polar surface area (TPSA) is 0 Å². The lowest BCUT2D eigenvalue weighted by molar-refractivity contribution is 1.04. The van der Waals surface area contributed by atoms with Crippen LogP contribution in [-0.4, -0.2) is 0 Å². The number of benzene rings is 4. The smallest absolute Gasteiger partial charge is 0.000684 e. The van der Waals surface area contributed by atoms with Crippen molar-refractivity contribution in [1.29, 1.82) is 0 Å². The predicted octanol–water partition coefficient (Wildman–Crippen LogP) is 7.22. The maximum Gasteiger partial charge on any atom is -0.000684 e. The van der Waals surface area contributed by atoms with Crippen molar-refractivity contribution in [3.63, 3.8) is 0 Å². The van der Waals surface area contributed by atoms with Crippen molar-refractivity contribution in [2.24, 2.45) is 0 Å². The van der Waals surface area contributed by atoms with Gasteiger partial charge in [-0.25, -0.2) is 0 Å². The molecule has 0 amide bonds. The first kappa shape index (κ1) is 14.9. The largest absolute Gasteiger partial charge is 0.0839 e. The fourth-order valence-corrected chi connectivity index (χ4v) is 5.73. The normalized spacial score (nSPS) is 16.4. The minimum Gasteiger partial charge on any atom is -0.0839 e. The Labute approximate surface area is 164 Å². The average molecular weight is 356 g/mol. The fourth-order valence-electron chi connectivity index (χ4n) is 5.73. The second kappa shape index (κ2) is 5.23. The molecule has 0 atom stereocenters. The Morgan fingerprint density at radius 3 is 2.54 bits per heavy atom. The van der Waals surface area contributed by atoms with Crippen molar-refractivity contribution in [2.75, 3.05) is 0 Å². The molecule has 3 aliphatic rings. The lowest BCUT2D eigenvalue weighted by atomic mass is 9.79. The molecule has 4 aromatic carbocycles. The van der Waals surface area contributed by atoms with Crippen LogP contribution in [0, 0.1) is 0 Å². The third-order valence-corrected chi connectivity index (χ3v) is 6.96. The maximum atomic E-state index is 2.52. The Bertz CT molecular complexity index is 1400. The first-order valence-electron chi connectivity index (χ1n) is 10.4. The van der Waals surface area contributed by atoms with Gasteiger partial charge in [0, 0.05) is 0 Å². The second-order valence-electron chi connectivity index (χ2n) is 8.44. The molecule has 0 saturated carbocycles. The van der Waals surface area contributed by atoms with E-state index in [4.69, 9.17) is 0 Å². The molecule has 4 aromatic rings. The van der Waals surface area contributed by atoms with Crippen molar-refractivity contribution in [1.82, 2.24) is 0 Å². The van der Waals surface area contributed by atoms with E-state index in [1.54, 1.807) is 11.1 Å². The molecule has 0 fully saturated rings. The van der Waals surface area contributed by atoms with Crippen molar-refractivity contribution in [3.8, 4) is 11.1 Å². The Morgan fingerprint density at radius 1 is 0.679 bits per heavy atom. The van der Waals surface area contributed by atoms with Crippen LogP contribution in [0.2, 0.25) is 0 Å². The monoisotopic (exact) mass is 356 g/mol. The summed E-state index contributed by atoms with van der Waals surface area (Å²) in [6, 6.07) is 23.1. The van der Waals surface area contributed by atoms with Crippen LogP contribution < -0.4 is 0 Å². The minimum atomic E-state index is 1.04. The summed E-state index contributed by atoms with van der Waals surface area (Å²) >= 11 is 0. The van der Waals surface area contributed by atoms with Crippen LogP contribution in [0.5, 0.6) is 0 Å². The van der Waals surface area contributed by atoms with E-state index in [2.05, 4.69) is 72.8 Å². The number of hydrogen-bond donors (Lipinski definition) is 0. The summed E-state index contributed by atoms with van der Waals surface area (Å²) in [6.07, 6.45) is 9.23. The summed E-state index contributed by atoms with van der Waals surface area (Å²) in [5, 5.41) is 5.60. The quantitative estimate of drug-likeness (QED) is 0.257. The first-order valence-corrected chi connectivity index (χ1v) is 10.4. The van der Waals surface area contributed by atoms with Gasteiger partial charge in [-0.15, -0.1) is 0 Å². The average Bonchev–Trinajstić information content (AvgIpc) is 3.10. The standard InChI is InChI=1S/C28H20/c1-3-9-22-18(7-1)13-20-14-26-21(15-25(20)22)16-27-23-10-4-2-6-17(23)12-19-8-5-11-24(26)28(19)27/h1-2,4-8,10-12,14-15H,3,9,13,16H2. The lowest BCUT2D eigenvalue weighted by Gasteiger charge is -2.24. The number of fused-ring (bicyclic) bond motifs is 6. The Balaban J connectivity index is 1.55. The van der Waals surface area contributed by atoms with Gasteiger partial charge in [-0.2, -0.15) is 0 Å². The molecule has 0 nitrogen and oxygen atoms in total. The molecule has 3 aliphatic carbocycles. The minimum absolute atomic E-state index is 1.04. The van der Waals surface area contributed by atoms with Gasteiger partial charge < -0.3 is 0 Å². The van der Waals surface area contributed by atoms with Gasteiger partial charge in [-0.3, -0.25) is 0 Å². The van der Waals surface area contributed by atoms with Gasteiger partial charge in [0.05, 0.1) is 0 Å². The van der Waals surface area contributed by atoms with Crippen molar-refractivity contribution in [2.45, 2.75) is 25.7 Å². The highest BCUT2D eigenvalue weighted by molar-refractivity contribution is 6.10. The highest BCUT2D eigenvalue weighted by Gasteiger charge is 2.26. The van der Waals surface area contributed by atoms with Crippen LogP contribution in [0.4, 0.5) is 0 Å². The van der Waals surface area contributed by atoms with Gasteiger partial charge >= 0.3 is 0 Å². The Morgan fingerprint density at radius 2 is 1.54 bits per heavy atom. The van der Waals surface area contributed by atoms with E-state index in [-0.39, 0.29) is 0 Å². The van der Waals surface area contributed by atoms with Gasteiger partial charge in [0.2, 0.25) is 0 Å². The zero-order valence-electron chi connectivity index (χ0n) is 15.8. The van der Waals surface area contributed by atoms with E-state index < -0.39 is 0 Å². The molecule has 0 heterocycles. The van der Waals surface area contributed by atoms with Crippen molar-refractivity contribution in [3.05, 3.63) is 101 Å². The molecule has 0 spiro atoms. The van der Waals surface area contributed by atoms with Crippen LogP contribution in [-0.2, 0) is 12.8 Å². The van der Waals surface area contributed by atoms with Crippen LogP contribution in [0.15, 0.2) is 78.4 Å². The van der Waals surface area contributed by atoms with E-state index in [1.807, 2.05) is 0 Å². The second-order valence-corrected chi connectivity index (χ2v) is 8.44. The van der Waals surface area contributed by atoms with E-state index >= 15 is 0 Å². The zero-order chi connectivity index (χ0) is 18.2. The third kappa shape index (κ3) is 1.85. The molecule has 0 heteroatoms. The number of rotatable bonds is 0. The summed E-state index contributed by atoms with van der Waals surface area (Å²) in [6.45, 7) is 0. The highest BCUT2D eigenvalue weighted by atomic mass is 14.3. The van der Waals surface area contributed by atoms with Gasteiger partial charge in [-0.1, -0.05) is 60.7 Å². The molecule has 7 rings (SSSR count). The molecular weight excluding hydrogens is 336 g/mol. The zero-order valence-corrected chi connectivity index (χ0v) is 15.8. The third-order valence-electron chi connectivity index (χ3n) is 6.96. The van der Waals surface area contributed by atoms with E-state index in [0.29, 0.717) is 0 Å². The molecule has 0 radical (unpaired) electrons. The van der Waals surface area contributed by atoms with Crippen molar-refractivity contribution < 1.29 is 0 Å². The van der Waals surface area contributed by atoms with Crippen LogP contribution in [0.3, 0.4) is 0 Å². The summed E-state index contributed by atoms with van der Waals surface area (Å²) in [7, 11) is 0. The molecule has 0 aliphatic heterocycles. The summed E-state index contributed by atoms with van der Waals surface area (Å²) < 4.78 is 0. The molecule has 0 bridgehead atoms. The molecule has 0 N–H and O–H groups in total. The number of allylic oxidation sites excluding steroid dienone is 4. The first-order chi connectivity index (χ1) is 13.9. The summed E-state index contributed by atoms with van der Waals surface area (Å²) in [4.78, 5) is 0. The predicted molar refractivity (Wildman–Crippen MR) is 119 cm³/mol. The molecular formula is C28H20. The molecule has 132 valence electrons. The van der Waals surface area contributed by atoms with Crippen LogP contribution >= 0.6 is 0 Å². The maximum absolute atomic E-state index is 2.52. The fraction of sp³-hybridized carbons (Fsp3) is 0.143. The molecule has 0 unspecified atom stereocenters. The van der Waals surface area contributed by atoms with E-state index in [0.717, 1.165) is 12.8 Å². The Kier molecular flexibility index (Phi) is 2.78. The van der Waals surface area contributed by atoms with Gasteiger partial charge in [0.15, 0.2) is 0 Å². The molecule has 0 saturated heterocycles. The van der Waals surface area contributed by atoms with E-state index in [9.17, 15) is 0 Å². The highest BCUT2D eigenvalue weighted by Crippen LogP contribution is 2.47. The van der Waals surface area contributed by atoms with Gasteiger partial charge in [0.1, 0.15) is 0 Å². The number of hydrogen-bond acceptors (Lipinski definition) is 0. The summed E-state index contributed by atoms with van der Waals surface area (Å²) in [5.74, 6) is 0. The van der Waals surface area contributed by atoms with Gasteiger partial charge in [0.25, 0.3) is 0 Å². The summed E-state index contributed by atoms with van der Waals surface area (Å²) in [5.41, 5.74) is 12.1. The Hall–Kier alpha value is -3.12. The SMILES string of the molecule is C1=CC2=C(CC1)c1cc3c(cc1C2)-c1cccc2cc4ccccc4c(c12)C3. The molecule has 28 heavy (non-hydrogen) atoms.